The van der Waals surface area contributed by atoms with Crippen molar-refractivity contribution in [3.63, 3.8) is 0 Å². The van der Waals surface area contributed by atoms with Gasteiger partial charge >= 0.3 is 0 Å². The van der Waals surface area contributed by atoms with Crippen LogP contribution in [0.4, 0.5) is 0 Å². The zero-order chi connectivity index (χ0) is 13.2. The molecule has 2 aliphatic rings. The Balaban J connectivity index is 1.84. The van der Waals surface area contributed by atoms with Gasteiger partial charge in [0.15, 0.2) is 5.79 Å². The number of ether oxygens (including phenoxy) is 2. The number of hydrogen-bond acceptors (Lipinski definition) is 2. The normalized spacial score (nSPS) is 37.6. The van der Waals surface area contributed by atoms with Gasteiger partial charge in [-0.15, -0.1) is 0 Å². The van der Waals surface area contributed by atoms with E-state index in [-0.39, 0.29) is 5.79 Å². The largest absolute Gasteiger partial charge is 0.347 e. The van der Waals surface area contributed by atoms with Gasteiger partial charge in [-0.2, -0.15) is 0 Å². The second-order valence-corrected chi connectivity index (χ2v) is 6.72. The predicted octanol–water partition coefficient (Wildman–Crippen LogP) is 4.16. The minimum absolute atomic E-state index is 0.257. The van der Waals surface area contributed by atoms with Crippen molar-refractivity contribution in [1.82, 2.24) is 0 Å². The minimum atomic E-state index is -0.257. The lowest BCUT2D eigenvalue weighted by molar-refractivity contribution is -0.208. The lowest BCUT2D eigenvalue weighted by Gasteiger charge is -2.36. The van der Waals surface area contributed by atoms with E-state index in [1.807, 2.05) is 0 Å². The average molecular weight is 252 g/mol. The van der Waals surface area contributed by atoms with Gasteiger partial charge in [-0.3, -0.25) is 0 Å². The summed E-state index contributed by atoms with van der Waals surface area (Å²) in [5.74, 6) is 1.76. The Labute approximate surface area is 112 Å². The summed E-state index contributed by atoms with van der Waals surface area (Å²) in [7, 11) is 0. The zero-order valence-electron chi connectivity index (χ0n) is 12.3. The van der Waals surface area contributed by atoms with Gasteiger partial charge in [0.25, 0.3) is 0 Å². The van der Waals surface area contributed by atoms with E-state index >= 15 is 0 Å². The van der Waals surface area contributed by atoms with Crippen molar-refractivity contribution in [2.24, 2.45) is 17.8 Å². The lowest BCUT2D eigenvalue weighted by atomic mass is 9.87. The highest BCUT2D eigenvalue weighted by Gasteiger charge is 2.47. The summed E-state index contributed by atoms with van der Waals surface area (Å²) in [5, 5.41) is 0. The molecule has 104 valence electrons. The van der Waals surface area contributed by atoms with Gasteiger partial charge in [-0.05, 0) is 30.6 Å². The molecule has 0 aromatic carbocycles. The number of fused-ring (bicyclic) bond motifs is 2. The lowest BCUT2D eigenvalue weighted by Crippen LogP contribution is -2.38. The summed E-state index contributed by atoms with van der Waals surface area (Å²) in [4.78, 5) is 0. The van der Waals surface area contributed by atoms with E-state index in [2.05, 4.69) is 39.8 Å². The quantitative estimate of drug-likeness (QED) is 0.684. The van der Waals surface area contributed by atoms with Gasteiger partial charge < -0.3 is 9.47 Å². The highest BCUT2D eigenvalue weighted by Crippen LogP contribution is 2.43. The fourth-order valence-corrected chi connectivity index (χ4v) is 3.29. The van der Waals surface area contributed by atoms with Crippen LogP contribution >= 0.6 is 0 Å². The summed E-state index contributed by atoms with van der Waals surface area (Å²) in [5.41, 5.74) is 0. The first-order chi connectivity index (χ1) is 8.49. The van der Waals surface area contributed by atoms with E-state index in [1.54, 1.807) is 0 Å². The summed E-state index contributed by atoms with van der Waals surface area (Å²) >= 11 is 0. The van der Waals surface area contributed by atoms with Crippen LogP contribution in [0.2, 0.25) is 0 Å². The molecule has 4 atom stereocenters. The van der Waals surface area contributed by atoms with E-state index in [0.29, 0.717) is 17.9 Å². The molecule has 0 saturated carbocycles. The molecule has 0 amide bonds. The van der Waals surface area contributed by atoms with Crippen molar-refractivity contribution in [2.75, 3.05) is 6.61 Å². The molecule has 0 spiro atoms. The highest BCUT2D eigenvalue weighted by molar-refractivity contribution is 4.91. The molecule has 2 rings (SSSR count). The van der Waals surface area contributed by atoms with Crippen molar-refractivity contribution in [2.45, 2.75) is 65.3 Å². The summed E-state index contributed by atoms with van der Waals surface area (Å²) in [6, 6.07) is 0. The molecule has 2 fully saturated rings. The maximum Gasteiger partial charge on any atom is 0.169 e. The molecule has 2 bridgehead atoms. The third kappa shape index (κ3) is 3.58. The first-order valence-corrected chi connectivity index (χ1v) is 7.47. The Morgan fingerprint density at radius 1 is 1.33 bits per heavy atom. The Morgan fingerprint density at radius 2 is 2.11 bits per heavy atom. The molecule has 2 saturated heterocycles. The van der Waals surface area contributed by atoms with Crippen LogP contribution in [-0.4, -0.2) is 18.5 Å². The molecule has 0 N–H and O–H groups in total. The van der Waals surface area contributed by atoms with Gasteiger partial charge in [-0.1, -0.05) is 39.8 Å². The summed E-state index contributed by atoms with van der Waals surface area (Å²) < 4.78 is 12.1. The SMILES string of the molecule is CC(C)/C=C/C[C@H](C)CC12CC(C)CC(CO1)O2. The molecule has 2 heterocycles. The minimum Gasteiger partial charge on any atom is -0.347 e. The van der Waals surface area contributed by atoms with Crippen LogP contribution in [0.25, 0.3) is 0 Å². The van der Waals surface area contributed by atoms with E-state index in [1.165, 1.54) is 6.42 Å². The fraction of sp³-hybridized carbons (Fsp3) is 0.875. The third-order valence-corrected chi connectivity index (χ3v) is 3.96. The maximum absolute atomic E-state index is 6.11. The van der Waals surface area contributed by atoms with Crippen molar-refractivity contribution >= 4 is 0 Å². The highest BCUT2D eigenvalue weighted by atomic mass is 16.7. The van der Waals surface area contributed by atoms with E-state index in [9.17, 15) is 0 Å². The molecule has 2 aliphatic heterocycles. The number of rotatable bonds is 5. The Kier molecular flexibility index (Phi) is 4.50. The number of allylic oxidation sites excluding steroid dienone is 2. The van der Waals surface area contributed by atoms with Crippen molar-refractivity contribution in [3.8, 4) is 0 Å². The number of hydrogen-bond donors (Lipinski definition) is 0. The predicted molar refractivity (Wildman–Crippen MR) is 74.3 cm³/mol. The molecular formula is C16H28O2. The zero-order valence-corrected chi connectivity index (χ0v) is 12.3. The first kappa shape index (κ1) is 14.1. The second-order valence-electron chi connectivity index (χ2n) is 6.72. The van der Waals surface area contributed by atoms with Crippen LogP contribution in [0.15, 0.2) is 12.2 Å². The molecule has 0 radical (unpaired) electrons. The van der Waals surface area contributed by atoms with E-state index < -0.39 is 0 Å². The monoisotopic (exact) mass is 252 g/mol. The Hall–Kier alpha value is -0.340. The van der Waals surface area contributed by atoms with Crippen molar-refractivity contribution in [3.05, 3.63) is 12.2 Å². The van der Waals surface area contributed by atoms with E-state index in [0.717, 1.165) is 31.8 Å². The topological polar surface area (TPSA) is 18.5 Å². The molecule has 3 unspecified atom stereocenters. The summed E-state index contributed by atoms with van der Waals surface area (Å²) in [6.07, 6.45) is 9.36. The molecule has 0 aromatic rings. The first-order valence-electron chi connectivity index (χ1n) is 7.47. The maximum atomic E-state index is 6.11. The molecule has 0 aliphatic carbocycles. The van der Waals surface area contributed by atoms with Crippen LogP contribution in [0, 0.1) is 17.8 Å². The molecule has 2 nitrogen and oxygen atoms in total. The van der Waals surface area contributed by atoms with Gasteiger partial charge in [0.2, 0.25) is 0 Å². The Bertz CT molecular complexity index is 297. The van der Waals surface area contributed by atoms with Crippen LogP contribution in [0.1, 0.15) is 53.4 Å². The fourth-order valence-electron chi connectivity index (χ4n) is 3.29. The van der Waals surface area contributed by atoms with Crippen molar-refractivity contribution in [1.29, 1.82) is 0 Å². The van der Waals surface area contributed by atoms with Crippen LogP contribution in [0.5, 0.6) is 0 Å². The average Bonchev–Trinajstić information content (AvgIpc) is 2.53. The van der Waals surface area contributed by atoms with Gasteiger partial charge in [0.05, 0.1) is 12.7 Å². The third-order valence-electron chi connectivity index (χ3n) is 3.96. The van der Waals surface area contributed by atoms with Crippen LogP contribution < -0.4 is 0 Å². The molecular weight excluding hydrogens is 224 g/mol. The molecule has 0 aromatic heterocycles. The standard InChI is InChI=1S/C16H28O2/c1-12(2)6-5-7-13(3)9-16-10-14(4)8-15(18-16)11-17-16/h5-6,12-15H,7-11H2,1-4H3/b6-5+/t13-,14?,15?,16?/m0/s1. The van der Waals surface area contributed by atoms with Crippen LogP contribution in [0.3, 0.4) is 0 Å². The van der Waals surface area contributed by atoms with Crippen molar-refractivity contribution < 1.29 is 9.47 Å². The van der Waals surface area contributed by atoms with E-state index in [4.69, 9.17) is 9.47 Å². The second kappa shape index (κ2) is 5.75. The van der Waals surface area contributed by atoms with Gasteiger partial charge in [0.1, 0.15) is 0 Å². The van der Waals surface area contributed by atoms with Crippen LogP contribution in [-0.2, 0) is 9.47 Å². The molecule has 2 heteroatoms. The smallest absolute Gasteiger partial charge is 0.169 e. The summed E-state index contributed by atoms with van der Waals surface area (Å²) in [6.45, 7) is 9.87. The Morgan fingerprint density at radius 3 is 2.83 bits per heavy atom. The van der Waals surface area contributed by atoms with Gasteiger partial charge in [-0.25, -0.2) is 0 Å². The molecule has 18 heavy (non-hydrogen) atoms. The van der Waals surface area contributed by atoms with Gasteiger partial charge in [0, 0.05) is 12.8 Å².